The summed E-state index contributed by atoms with van der Waals surface area (Å²) in [5.41, 5.74) is -2.56. The smallest absolute Gasteiger partial charge is 0.379 e. The van der Waals surface area contributed by atoms with Gasteiger partial charge in [-0.2, -0.15) is 18.2 Å². The predicted octanol–water partition coefficient (Wildman–Crippen LogP) is 4.32. The molecular weight excluding hydrogens is 543 g/mol. The highest BCUT2D eigenvalue weighted by Crippen LogP contribution is 2.48. The maximum absolute atomic E-state index is 15.0. The van der Waals surface area contributed by atoms with Crippen LogP contribution in [-0.4, -0.2) is 65.5 Å². The van der Waals surface area contributed by atoms with E-state index in [-0.39, 0.29) is 66.0 Å². The zero-order valence-electron chi connectivity index (χ0n) is 20.7. The molecule has 0 aliphatic carbocycles. The summed E-state index contributed by atoms with van der Waals surface area (Å²) in [4.78, 5) is 32.8. The number of carbonyl (C=O) groups is 1. The number of piperazine rings is 1. The first-order valence-corrected chi connectivity index (χ1v) is 13.0. The van der Waals surface area contributed by atoms with Gasteiger partial charge in [-0.3, -0.25) is 9.36 Å². The maximum atomic E-state index is 15.0. The molecule has 1 amide bonds. The third kappa shape index (κ3) is 4.89. The number of thioether (sulfide) groups is 1. The van der Waals surface area contributed by atoms with Gasteiger partial charge in [-0.1, -0.05) is 6.58 Å². The number of methoxy groups -OCH3 is 1. The fourth-order valence-corrected chi connectivity index (χ4v) is 6.29. The van der Waals surface area contributed by atoms with E-state index in [4.69, 9.17) is 4.74 Å². The number of ether oxygens (including phenoxy) is 1. The molecule has 1 atom stereocenters. The second-order valence-electron chi connectivity index (χ2n) is 9.16. The third-order valence-electron chi connectivity index (χ3n) is 6.90. The lowest BCUT2D eigenvalue weighted by Crippen LogP contribution is -2.49. The highest BCUT2D eigenvalue weighted by Gasteiger charge is 2.39. The number of carbonyl (C=O) groups excluding carboxylic acids is 1. The van der Waals surface area contributed by atoms with Crippen molar-refractivity contribution in [1.29, 1.82) is 0 Å². The zero-order chi connectivity index (χ0) is 28.1. The highest BCUT2D eigenvalue weighted by atomic mass is 32.2. The lowest BCUT2D eigenvalue weighted by Gasteiger charge is -2.35. The summed E-state index contributed by atoms with van der Waals surface area (Å²) in [6, 6.07) is 3.27. The van der Waals surface area contributed by atoms with Crippen LogP contribution in [0.25, 0.3) is 22.0 Å². The van der Waals surface area contributed by atoms with Gasteiger partial charge in [-0.25, -0.2) is 13.6 Å². The van der Waals surface area contributed by atoms with E-state index in [1.807, 2.05) is 0 Å². The van der Waals surface area contributed by atoms with Crippen LogP contribution in [0, 0.1) is 11.6 Å². The van der Waals surface area contributed by atoms with Gasteiger partial charge in [-0.05, 0) is 24.3 Å². The molecule has 0 N–H and O–H groups in total. The second kappa shape index (κ2) is 10.3. The van der Waals surface area contributed by atoms with Crippen LogP contribution in [0.2, 0.25) is 0 Å². The Morgan fingerprint density at radius 3 is 2.51 bits per heavy atom. The Labute approximate surface area is 223 Å². The van der Waals surface area contributed by atoms with Gasteiger partial charge in [0.1, 0.15) is 17.5 Å². The molecule has 0 radical (unpaired) electrons. The van der Waals surface area contributed by atoms with Crippen molar-refractivity contribution >= 4 is 34.4 Å². The van der Waals surface area contributed by atoms with E-state index in [0.29, 0.717) is 6.07 Å². The quantitative estimate of drug-likeness (QED) is 0.346. The van der Waals surface area contributed by atoms with Crippen molar-refractivity contribution in [2.45, 2.75) is 23.7 Å². The monoisotopic (exact) mass is 566 g/mol. The van der Waals surface area contributed by atoms with Crippen LogP contribution >= 0.6 is 11.8 Å². The first-order valence-electron chi connectivity index (χ1n) is 12.0. The maximum Gasteiger partial charge on any atom is 0.417 e. The summed E-state index contributed by atoms with van der Waals surface area (Å²) < 4.78 is 79.2. The van der Waals surface area contributed by atoms with Crippen LogP contribution in [0.5, 0.6) is 0 Å². The average molecular weight is 567 g/mol. The number of nitrogens with zero attached hydrogens (tertiary/aromatic N) is 4. The van der Waals surface area contributed by atoms with Gasteiger partial charge >= 0.3 is 11.9 Å². The van der Waals surface area contributed by atoms with E-state index in [0.717, 1.165) is 30.0 Å². The number of hydrogen-bond acceptors (Lipinski definition) is 6. The molecule has 3 heterocycles. The van der Waals surface area contributed by atoms with Crippen molar-refractivity contribution in [3.05, 3.63) is 64.6 Å². The van der Waals surface area contributed by atoms with Gasteiger partial charge in [-0.15, -0.1) is 11.8 Å². The number of aromatic nitrogens is 2. The molecule has 7 nitrogen and oxygen atoms in total. The molecule has 3 aromatic rings. The molecule has 0 bridgehead atoms. The summed E-state index contributed by atoms with van der Waals surface area (Å²) in [5, 5.41) is 0.0657. The molecule has 2 aromatic carbocycles. The molecule has 0 saturated carbocycles. The average Bonchev–Trinajstić information content (AvgIpc) is 3.11. The highest BCUT2D eigenvalue weighted by molar-refractivity contribution is 7.99. The normalized spacial score (nSPS) is 17.8. The number of halogens is 5. The van der Waals surface area contributed by atoms with Crippen LogP contribution in [0.1, 0.15) is 5.56 Å². The van der Waals surface area contributed by atoms with Gasteiger partial charge in [0.15, 0.2) is 0 Å². The molecule has 13 heteroatoms. The molecule has 1 saturated heterocycles. The summed E-state index contributed by atoms with van der Waals surface area (Å²) >= 11 is 1.02. The largest absolute Gasteiger partial charge is 0.417 e. The SMILES string of the molecule is C=CC(=O)N1CCN(c2nc(=O)n3c4c(c(-c5ccc(F)cc5F)c(C(F)(F)F)cc24)SC[C@@H](OC)C3)CC1. The van der Waals surface area contributed by atoms with Crippen molar-refractivity contribution in [1.82, 2.24) is 14.5 Å². The van der Waals surface area contributed by atoms with Gasteiger partial charge in [0.2, 0.25) is 5.91 Å². The van der Waals surface area contributed by atoms with E-state index < -0.39 is 46.3 Å². The zero-order valence-corrected chi connectivity index (χ0v) is 21.5. The van der Waals surface area contributed by atoms with E-state index >= 15 is 0 Å². The Bertz CT molecular complexity index is 1530. The standard InChI is InChI=1S/C26H23F5N4O3S/c1-3-20(36)33-6-8-34(9-7-33)24-17-11-18(26(29,30)31)21(16-5-4-14(27)10-19(16)28)23-22(17)35(25(37)32-24)12-15(38-2)13-39-23/h3-5,10-11,15H,1,6-9,12-13H2,2H3/t15-/m0/s1. The Kier molecular flexibility index (Phi) is 7.14. The van der Waals surface area contributed by atoms with Crippen LogP contribution in [0.3, 0.4) is 0 Å². The summed E-state index contributed by atoms with van der Waals surface area (Å²) in [6.45, 7) is 4.47. The van der Waals surface area contributed by atoms with E-state index in [1.165, 1.54) is 17.8 Å². The molecular formula is C26H23F5N4O3S. The molecule has 1 fully saturated rings. The first kappa shape index (κ1) is 27.1. The number of alkyl halides is 3. The number of benzene rings is 2. The first-order chi connectivity index (χ1) is 18.5. The Balaban J connectivity index is 1.81. The lowest BCUT2D eigenvalue weighted by atomic mass is 9.95. The van der Waals surface area contributed by atoms with Crippen LogP contribution in [0.4, 0.5) is 27.8 Å². The van der Waals surface area contributed by atoms with Crippen LogP contribution in [-0.2, 0) is 22.3 Å². The van der Waals surface area contributed by atoms with Gasteiger partial charge < -0.3 is 14.5 Å². The molecule has 39 heavy (non-hydrogen) atoms. The lowest BCUT2D eigenvalue weighted by molar-refractivity contribution is -0.137. The second-order valence-corrected chi connectivity index (χ2v) is 10.2. The minimum Gasteiger partial charge on any atom is -0.379 e. The molecule has 2 aliphatic heterocycles. The summed E-state index contributed by atoms with van der Waals surface area (Å²) in [7, 11) is 1.43. The Morgan fingerprint density at radius 1 is 1.18 bits per heavy atom. The van der Waals surface area contributed by atoms with Crippen molar-refractivity contribution in [3.63, 3.8) is 0 Å². The Hall–Kier alpha value is -3.45. The molecule has 2 aliphatic rings. The molecule has 206 valence electrons. The number of rotatable bonds is 4. The number of amides is 1. The molecule has 0 spiro atoms. The third-order valence-corrected chi connectivity index (χ3v) is 8.13. The number of anilines is 1. The minimum atomic E-state index is -4.91. The van der Waals surface area contributed by atoms with Gasteiger partial charge in [0, 0.05) is 66.5 Å². The minimum absolute atomic E-state index is 0.0252. The van der Waals surface area contributed by atoms with Gasteiger partial charge in [0.25, 0.3) is 0 Å². The van der Waals surface area contributed by atoms with Gasteiger partial charge in [0.05, 0.1) is 23.7 Å². The fourth-order valence-electron chi connectivity index (χ4n) is 4.97. The fraction of sp³-hybridized carbons (Fsp3) is 0.346. The molecule has 5 rings (SSSR count). The van der Waals surface area contributed by atoms with Crippen molar-refractivity contribution in [2.24, 2.45) is 0 Å². The van der Waals surface area contributed by atoms with Crippen LogP contribution < -0.4 is 10.6 Å². The molecule has 0 unspecified atom stereocenters. The van der Waals surface area contributed by atoms with Crippen molar-refractivity contribution in [3.8, 4) is 11.1 Å². The summed E-state index contributed by atoms with van der Waals surface area (Å²) in [5.74, 6) is -2.13. The Morgan fingerprint density at radius 2 is 1.90 bits per heavy atom. The predicted molar refractivity (Wildman–Crippen MR) is 137 cm³/mol. The number of hydrogen-bond donors (Lipinski definition) is 0. The molecule has 1 aromatic heterocycles. The van der Waals surface area contributed by atoms with E-state index in [1.54, 1.807) is 9.80 Å². The van der Waals surface area contributed by atoms with Crippen molar-refractivity contribution in [2.75, 3.05) is 43.9 Å². The summed E-state index contributed by atoms with van der Waals surface area (Å²) in [6.07, 6.45) is -4.27. The van der Waals surface area contributed by atoms with E-state index in [2.05, 4.69) is 11.6 Å². The van der Waals surface area contributed by atoms with E-state index in [9.17, 15) is 31.5 Å². The van der Waals surface area contributed by atoms with Crippen molar-refractivity contribution < 1.29 is 31.5 Å². The van der Waals surface area contributed by atoms with Crippen LogP contribution in [0.15, 0.2) is 46.6 Å². The topological polar surface area (TPSA) is 67.7 Å².